The minimum atomic E-state index is -0.251. The molecule has 0 radical (unpaired) electrons. The maximum absolute atomic E-state index is 13.5. The second-order valence-electron chi connectivity index (χ2n) is 10.4. The molecule has 3 aliphatic heterocycles. The van der Waals surface area contributed by atoms with Crippen LogP contribution in [-0.4, -0.2) is 60.1 Å². The molecule has 2 N–H and O–H groups in total. The van der Waals surface area contributed by atoms with Crippen molar-refractivity contribution in [2.45, 2.75) is 38.1 Å². The van der Waals surface area contributed by atoms with Gasteiger partial charge in [-0.1, -0.05) is 12.1 Å². The molecule has 0 unspecified atom stereocenters. The molecule has 2 fully saturated rings. The Bertz CT molecular complexity index is 1310. The van der Waals surface area contributed by atoms with E-state index in [0.29, 0.717) is 55.0 Å². The van der Waals surface area contributed by atoms with Gasteiger partial charge in [-0.3, -0.25) is 19.5 Å². The first-order valence-electron chi connectivity index (χ1n) is 13.4. The molecule has 2 aromatic carbocycles. The number of ether oxygens (including phenoxy) is 3. The van der Waals surface area contributed by atoms with Crippen LogP contribution in [0, 0.1) is 5.92 Å². The van der Waals surface area contributed by atoms with Crippen LogP contribution in [0.3, 0.4) is 0 Å². The molecule has 9 heteroatoms. The lowest BCUT2D eigenvalue weighted by Crippen LogP contribution is -2.45. The Labute approximate surface area is 227 Å². The van der Waals surface area contributed by atoms with Crippen molar-refractivity contribution in [1.82, 2.24) is 20.5 Å². The number of carbonyl (C=O) groups is 2. The standard InChI is InChI=1S/C30H32N4O5/c35-29-19-38-26-12-23(11-25(13-26)37-18-22-1-2-22)30(36)33-27-16-34(15-21-7-9-31-10-8-21)17-28(27)39-24-5-3-20(4-6-24)14-32-29/h3-13,22,27-28H,1-2,14-19H2,(H,32,35)(H,33,36)/t27-,28-/m0/s1. The topological polar surface area (TPSA) is 102 Å². The van der Waals surface area contributed by atoms with Crippen LogP contribution < -0.4 is 24.8 Å². The number of aromatic nitrogens is 1. The van der Waals surface area contributed by atoms with E-state index in [2.05, 4.69) is 20.5 Å². The molecule has 3 aromatic rings. The van der Waals surface area contributed by atoms with Gasteiger partial charge in [0.15, 0.2) is 6.61 Å². The summed E-state index contributed by atoms with van der Waals surface area (Å²) in [6.45, 7) is 2.84. The van der Waals surface area contributed by atoms with Crippen LogP contribution in [0.4, 0.5) is 0 Å². The summed E-state index contributed by atoms with van der Waals surface area (Å²) in [5, 5.41) is 6.07. The van der Waals surface area contributed by atoms with Gasteiger partial charge in [-0.25, -0.2) is 0 Å². The molecular formula is C30H32N4O5. The molecule has 4 bridgehead atoms. The van der Waals surface area contributed by atoms with E-state index >= 15 is 0 Å². The smallest absolute Gasteiger partial charge is 0.258 e. The van der Waals surface area contributed by atoms with Crippen LogP contribution >= 0.6 is 0 Å². The fourth-order valence-electron chi connectivity index (χ4n) is 4.87. The number of rotatable bonds is 5. The van der Waals surface area contributed by atoms with Gasteiger partial charge in [-0.2, -0.15) is 0 Å². The largest absolute Gasteiger partial charge is 0.493 e. The van der Waals surface area contributed by atoms with Crippen molar-refractivity contribution >= 4 is 11.8 Å². The normalized spacial score (nSPS) is 21.6. The maximum Gasteiger partial charge on any atom is 0.258 e. The summed E-state index contributed by atoms with van der Waals surface area (Å²) < 4.78 is 18.2. The minimum absolute atomic E-state index is 0.164. The lowest BCUT2D eigenvalue weighted by Gasteiger charge is -2.22. The number of amides is 2. The second-order valence-corrected chi connectivity index (χ2v) is 10.4. The Morgan fingerprint density at radius 2 is 1.79 bits per heavy atom. The van der Waals surface area contributed by atoms with E-state index < -0.39 is 0 Å². The molecule has 1 aromatic heterocycles. The molecule has 2 atom stereocenters. The number of likely N-dealkylation sites (tertiary alicyclic amines) is 1. The molecule has 1 aliphatic carbocycles. The van der Waals surface area contributed by atoms with Gasteiger partial charge in [0.25, 0.3) is 11.8 Å². The maximum atomic E-state index is 13.5. The van der Waals surface area contributed by atoms with Crippen LogP contribution in [-0.2, 0) is 17.9 Å². The summed E-state index contributed by atoms with van der Waals surface area (Å²) >= 11 is 0. The number of hydrogen-bond acceptors (Lipinski definition) is 7. The van der Waals surface area contributed by atoms with Crippen LogP contribution in [0.5, 0.6) is 17.2 Å². The molecule has 0 spiro atoms. The van der Waals surface area contributed by atoms with Crippen LogP contribution in [0.1, 0.15) is 34.3 Å². The van der Waals surface area contributed by atoms with E-state index in [-0.39, 0.29) is 30.6 Å². The third-order valence-electron chi connectivity index (χ3n) is 7.21. The Kier molecular flexibility index (Phi) is 7.31. The number of pyridine rings is 1. The third-order valence-corrected chi connectivity index (χ3v) is 7.21. The second kappa shape index (κ2) is 11.3. The van der Waals surface area contributed by atoms with E-state index in [0.717, 1.165) is 30.5 Å². The summed E-state index contributed by atoms with van der Waals surface area (Å²) in [5.41, 5.74) is 2.52. The first-order valence-corrected chi connectivity index (χ1v) is 13.4. The van der Waals surface area contributed by atoms with Crippen molar-refractivity contribution in [2.75, 3.05) is 26.3 Å². The highest BCUT2D eigenvalue weighted by atomic mass is 16.5. The van der Waals surface area contributed by atoms with Crippen molar-refractivity contribution in [3.63, 3.8) is 0 Å². The first-order chi connectivity index (χ1) is 19.1. The zero-order valence-electron chi connectivity index (χ0n) is 21.7. The summed E-state index contributed by atoms with van der Waals surface area (Å²) in [6.07, 6.45) is 5.64. The SMILES string of the molecule is O=C1COc2cc(OCC3CC3)cc(c2)C(=O)N[C@H]2CN(Cc3ccncc3)C[C@@H]2Oc2ccc(cc2)CN1. The average molecular weight is 529 g/mol. The average Bonchev–Trinajstić information content (AvgIpc) is 3.72. The first kappa shape index (κ1) is 25.2. The van der Waals surface area contributed by atoms with Crippen molar-refractivity contribution < 1.29 is 23.8 Å². The molecule has 4 aliphatic rings. The molecule has 9 nitrogen and oxygen atoms in total. The highest BCUT2D eigenvalue weighted by molar-refractivity contribution is 5.95. The summed E-state index contributed by atoms with van der Waals surface area (Å²) in [5.74, 6) is 1.74. The zero-order chi connectivity index (χ0) is 26.6. The fraction of sp³-hybridized carbons (Fsp3) is 0.367. The van der Waals surface area contributed by atoms with E-state index in [1.165, 1.54) is 0 Å². The van der Waals surface area contributed by atoms with E-state index in [9.17, 15) is 9.59 Å². The summed E-state index contributed by atoms with van der Waals surface area (Å²) in [6, 6.07) is 16.5. The number of benzene rings is 2. The molecule has 202 valence electrons. The highest BCUT2D eigenvalue weighted by Crippen LogP contribution is 2.31. The summed E-state index contributed by atoms with van der Waals surface area (Å²) in [7, 11) is 0. The number of hydrogen-bond donors (Lipinski definition) is 2. The molecular weight excluding hydrogens is 496 g/mol. The Hall–Kier alpha value is -4.11. The quantitative estimate of drug-likeness (QED) is 0.525. The number of carbonyl (C=O) groups excluding carboxylic acids is 2. The monoisotopic (exact) mass is 528 g/mol. The number of nitrogens with one attached hydrogen (secondary N) is 2. The van der Waals surface area contributed by atoms with Gasteiger partial charge in [0.2, 0.25) is 0 Å². The zero-order valence-corrected chi connectivity index (χ0v) is 21.7. The Morgan fingerprint density at radius 3 is 2.59 bits per heavy atom. The fourth-order valence-corrected chi connectivity index (χ4v) is 4.87. The highest BCUT2D eigenvalue weighted by Gasteiger charge is 2.36. The van der Waals surface area contributed by atoms with Gasteiger partial charge in [-0.05, 0) is 66.3 Å². The van der Waals surface area contributed by atoms with Crippen molar-refractivity contribution in [3.05, 3.63) is 83.7 Å². The van der Waals surface area contributed by atoms with E-state index in [1.54, 1.807) is 30.6 Å². The van der Waals surface area contributed by atoms with Crippen molar-refractivity contribution in [1.29, 1.82) is 0 Å². The van der Waals surface area contributed by atoms with Crippen LogP contribution in [0.2, 0.25) is 0 Å². The van der Waals surface area contributed by atoms with E-state index in [4.69, 9.17) is 14.2 Å². The predicted octanol–water partition coefficient (Wildman–Crippen LogP) is 2.94. The predicted molar refractivity (Wildman–Crippen MR) is 144 cm³/mol. The lowest BCUT2D eigenvalue weighted by atomic mass is 10.1. The van der Waals surface area contributed by atoms with Gasteiger partial charge >= 0.3 is 0 Å². The van der Waals surface area contributed by atoms with Crippen molar-refractivity contribution in [2.24, 2.45) is 5.92 Å². The molecule has 2 amide bonds. The molecule has 7 rings (SSSR count). The Morgan fingerprint density at radius 1 is 0.974 bits per heavy atom. The lowest BCUT2D eigenvalue weighted by molar-refractivity contribution is -0.123. The van der Waals surface area contributed by atoms with Crippen LogP contribution in [0.15, 0.2) is 67.0 Å². The molecule has 39 heavy (non-hydrogen) atoms. The third kappa shape index (κ3) is 6.67. The molecule has 4 heterocycles. The molecule has 1 saturated carbocycles. The van der Waals surface area contributed by atoms with Crippen LogP contribution in [0.25, 0.3) is 0 Å². The molecule has 1 saturated heterocycles. The van der Waals surface area contributed by atoms with Gasteiger partial charge in [0.1, 0.15) is 23.4 Å². The van der Waals surface area contributed by atoms with Gasteiger partial charge < -0.3 is 24.8 Å². The van der Waals surface area contributed by atoms with Gasteiger partial charge in [0, 0.05) is 50.2 Å². The van der Waals surface area contributed by atoms with E-state index in [1.807, 2.05) is 36.4 Å². The van der Waals surface area contributed by atoms with Gasteiger partial charge in [0.05, 0.1) is 12.6 Å². The number of nitrogens with zero attached hydrogens (tertiary/aromatic N) is 2. The summed E-state index contributed by atoms with van der Waals surface area (Å²) in [4.78, 5) is 32.3. The van der Waals surface area contributed by atoms with Gasteiger partial charge in [-0.15, -0.1) is 0 Å². The van der Waals surface area contributed by atoms with Crippen molar-refractivity contribution in [3.8, 4) is 17.2 Å². The minimum Gasteiger partial charge on any atom is -0.493 e. The number of fused-ring (bicyclic) bond motifs is 7. The Balaban J connectivity index is 1.26.